The molecule has 0 saturated carbocycles. The van der Waals surface area contributed by atoms with E-state index < -0.39 is 0 Å². The number of dihydropyridines is 1. The second-order valence-electron chi connectivity index (χ2n) is 11.5. The van der Waals surface area contributed by atoms with Crippen molar-refractivity contribution in [1.29, 1.82) is 0 Å². The summed E-state index contributed by atoms with van der Waals surface area (Å²) in [5.74, 6) is 1.09. The number of benzene rings is 5. The maximum Gasteiger partial charge on any atom is 0.111 e. The van der Waals surface area contributed by atoms with Crippen molar-refractivity contribution in [3.8, 4) is 22.4 Å². The Balaban J connectivity index is 1.34. The van der Waals surface area contributed by atoms with E-state index in [4.69, 9.17) is 0 Å². The van der Waals surface area contributed by atoms with Gasteiger partial charge in [-0.2, -0.15) is 0 Å². The molecule has 0 aliphatic carbocycles. The number of nitrogens with one attached hydrogen (secondary N) is 2. The topological polar surface area (TPSA) is 32.2 Å². The molecule has 1 unspecified atom stereocenters. The van der Waals surface area contributed by atoms with Crippen LogP contribution in [0.25, 0.3) is 45.2 Å². The third-order valence-corrected chi connectivity index (χ3v) is 9.01. The minimum absolute atomic E-state index is 0.134. The molecule has 3 aliphatic heterocycles. The van der Waals surface area contributed by atoms with Crippen LogP contribution in [0.1, 0.15) is 22.7 Å². The van der Waals surface area contributed by atoms with Gasteiger partial charge in [0.25, 0.3) is 0 Å². The van der Waals surface area contributed by atoms with Gasteiger partial charge in [0.15, 0.2) is 0 Å². The maximum absolute atomic E-state index is 3.77. The zero-order valence-corrected chi connectivity index (χ0v) is 24.1. The molecule has 3 aliphatic rings. The van der Waals surface area contributed by atoms with Crippen LogP contribution in [0.4, 0.5) is 17.1 Å². The molecule has 1 aromatic heterocycles. The predicted octanol–water partition coefficient (Wildman–Crippen LogP) is 9.53. The Kier molecular flexibility index (Phi) is 5.60. The second-order valence-corrected chi connectivity index (χ2v) is 11.5. The molecule has 0 radical (unpaired) electrons. The van der Waals surface area contributed by atoms with Crippen LogP contribution < -0.4 is 15.5 Å². The highest BCUT2D eigenvalue weighted by Crippen LogP contribution is 2.54. The highest BCUT2D eigenvalue weighted by molar-refractivity contribution is 6.13. The Hall–Kier alpha value is -5.74. The Labute approximate surface area is 256 Å². The van der Waals surface area contributed by atoms with E-state index in [1.54, 1.807) is 0 Å². The van der Waals surface area contributed by atoms with Crippen molar-refractivity contribution < 1.29 is 0 Å². The number of hydrogen-bond acceptors (Lipinski definition) is 3. The van der Waals surface area contributed by atoms with Gasteiger partial charge in [-0.05, 0) is 65.4 Å². The summed E-state index contributed by atoms with van der Waals surface area (Å²) in [5, 5.41) is 8.51. The molecule has 6 aromatic rings. The SMILES string of the molecule is C1=CNC(c2cccc(N3c4ccccc4-c4c(n(C5=Cc6ccccc6CN5)c5ccccc45)-c4ccccc43)c2)C=C1. The van der Waals surface area contributed by atoms with Crippen LogP contribution in [0, 0.1) is 0 Å². The quantitative estimate of drug-likeness (QED) is 0.223. The van der Waals surface area contributed by atoms with Crippen LogP contribution in [0.15, 0.2) is 146 Å². The molecular formula is C40H30N4. The number of hydrogen-bond donors (Lipinski definition) is 2. The Morgan fingerprint density at radius 2 is 1.45 bits per heavy atom. The van der Waals surface area contributed by atoms with Crippen molar-refractivity contribution in [1.82, 2.24) is 15.2 Å². The largest absolute Gasteiger partial charge is 0.381 e. The molecule has 9 rings (SSSR count). The average molecular weight is 567 g/mol. The first-order chi connectivity index (χ1) is 21.8. The van der Waals surface area contributed by atoms with Crippen molar-refractivity contribution in [2.75, 3.05) is 4.90 Å². The van der Waals surface area contributed by atoms with E-state index in [2.05, 4.69) is 160 Å². The molecule has 210 valence electrons. The zero-order valence-electron chi connectivity index (χ0n) is 24.1. The molecule has 0 saturated heterocycles. The fraction of sp³-hybridized carbons (Fsp3) is 0.0500. The number of rotatable bonds is 3. The molecule has 4 heteroatoms. The van der Waals surface area contributed by atoms with Crippen LogP contribution in [-0.2, 0) is 6.54 Å². The lowest BCUT2D eigenvalue weighted by Gasteiger charge is -2.29. The van der Waals surface area contributed by atoms with E-state index in [-0.39, 0.29) is 6.04 Å². The van der Waals surface area contributed by atoms with Gasteiger partial charge in [0.1, 0.15) is 5.82 Å². The summed E-state index contributed by atoms with van der Waals surface area (Å²) in [6.07, 6.45) is 10.7. The molecule has 4 heterocycles. The number of aromatic nitrogens is 1. The summed E-state index contributed by atoms with van der Waals surface area (Å²) in [5.41, 5.74) is 13.3. The lowest BCUT2D eigenvalue weighted by atomic mass is 9.98. The maximum atomic E-state index is 3.77. The van der Waals surface area contributed by atoms with E-state index >= 15 is 0 Å². The third kappa shape index (κ3) is 3.78. The van der Waals surface area contributed by atoms with Crippen molar-refractivity contribution in [2.45, 2.75) is 12.6 Å². The molecule has 0 spiro atoms. The summed E-state index contributed by atoms with van der Waals surface area (Å²) in [6.45, 7) is 0.791. The fourth-order valence-corrected chi connectivity index (χ4v) is 7.05. The lowest BCUT2D eigenvalue weighted by molar-refractivity contribution is 0.746. The minimum atomic E-state index is 0.134. The lowest BCUT2D eigenvalue weighted by Crippen LogP contribution is -2.21. The van der Waals surface area contributed by atoms with Crippen LogP contribution in [-0.4, -0.2) is 4.57 Å². The van der Waals surface area contributed by atoms with Gasteiger partial charge >= 0.3 is 0 Å². The average Bonchev–Trinajstić information content (AvgIpc) is 3.38. The van der Waals surface area contributed by atoms with Gasteiger partial charge in [-0.1, -0.05) is 103 Å². The third-order valence-electron chi connectivity index (χ3n) is 9.01. The van der Waals surface area contributed by atoms with Crippen LogP contribution in [0.3, 0.4) is 0 Å². The highest BCUT2D eigenvalue weighted by Gasteiger charge is 2.32. The first-order valence-corrected chi connectivity index (χ1v) is 15.2. The number of allylic oxidation sites excluding steroid dienone is 2. The highest BCUT2D eigenvalue weighted by atomic mass is 15.2. The Morgan fingerprint density at radius 3 is 2.34 bits per heavy atom. The van der Waals surface area contributed by atoms with E-state index in [1.165, 1.54) is 55.7 Å². The number of fused-ring (bicyclic) bond motifs is 8. The van der Waals surface area contributed by atoms with Gasteiger partial charge in [-0.15, -0.1) is 0 Å². The first-order valence-electron chi connectivity index (χ1n) is 15.2. The van der Waals surface area contributed by atoms with Gasteiger partial charge in [-0.3, -0.25) is 4.57 Å². The smallest absolute Gasteiger partial charge is 0.111 e. The second kappa shape index (κ2) is 9.92. The van der Waals surface area contributed by atoms with Crippen molar-refractivity contribution in [2.24, 2.45) is 0 Å². The van der Waals surface area contributed by atoms with E-state index in [0.29, 0.717) is 0 Å². The summed E-state index contributed by atoms with van der Waals surface area (Å²) >= 11 is 0. The predicted molar refractivity (Wildman–Crippen MR) is 183 cm³/mol. The minimum Gasteiger partial charge on any atom is -0.381 e. The molecule has 44 heavy (non-hydrogen) atoms. The number of anilines is 3. The van der Waals surface area contributed by atoms with Crippen LogP contribution in [0.2, 0.25) is 0 Å². The molecule has 0 bridgehead atoms. The standard InChI is InChI=1S/C40H30N4/c1-2-13-29-26-42-38(25-27(29)12-1)44-36-21-7-4-17-32(36)39-31-16-3-6-20-35(31)43(37-22-8-5-18-33(37)40(39)44)30-15-11-14-28(24-30)34-19-9-10-23-41-34/h1-25,34,41-42H,26H2. The Bertz CT molecular complexity index is 2180. The molecular weight excluding hydrogens is 536 g/mol. The number of para-hydroxylation sites is 3. The molecule has 4 nitrogen and oxygen atoms in total. The summed E-state index contributed by atoms with van der Waals surface area (Å²) < 4.78 is 2.44. The first kappa shape index (κ1) is 24.8. The summed E-state index contributed by atoms with van der Waals surface area (Å²) in [4.78, 5) is 2.44. The van der Waals surface area contributed by atoms with Crippen molar-refractivity contribution in [3.05, 3.63) is 162 Å². The van der Waals surface area contributed by atoms with Gasteiger partial charge in [0.2, 0.25) is 0 Å². The molecule has 5 aromatic carbocycles. The number of nitrogens with zero attached hydrogens (tertiary/aromatic N) is 2. The summed E-state index contributed by atoms with van der Waals surface area (Å²) in [7, 11) is 0. The molecule has 1 atom stereocenters. The molecule has 0 fully saturated rings. The van der Waals surface area contributed by atoms with Crippen LogP contribution in [0.5, 0.6) is 0 Å². The fourth-order valence-electron chi connectivity index (χ4n) is 7.05. The van der Waals surface area contributed by atoms with Crippen molar-refractivity contribution >= 4 is 39.9 Å². The normalized spacial score (nSPS) is 16.1. The van der Waals surface area contributed by atoms with Gasteiger partial charge in [0.05, 0.1) is 28.6 Å². The van der Waals surface area contributed by atoms with Crippen molar-refractivity contribution in [3.63, 3.8) is 0 Å². The Morgan fingerprint density at radius 1 is 0.682 bits per heavy atom. The van der Waals surface area contributed by atoms with Crippen LogP contribution >= 0.6 is 0 Å². The van der Waals surface area contributed by atoms with E-state index in [0.717, 1.165) is 23.7 Å². The van der Waals surface area contributed by atoms with E-state index in [1.807, 2.05) is 12.3 Å². The molecule has 0 amide bonds. The monoisotopic (exact) mass is 566 g/mol. The van der Waals surface area contributed by atoms with Gasteiger partial charge in [0, 0.05) is 34.3 Å². The molecule has 2 N–H and O–H groups in total. The van der Waals surface area contributed by atoms with Gasteiger partial charge in [-0.25, -0.2) is 0 Å². The van der Waals surface area contributed by atoms with E-state index in [9.17, 15) is 0 Å². The van der Waals surface area contributed by atoms with Gasteiger partial charge < -0.3 is 15.5 Å². The zero-order chi connectivity index (χ0) is 29.0. The summed E-state index contributed by atoms with van der Waals surface area (Å²) in [6, 6.07) is 44.2.